The average Bonchev–Trinajstić information content (AvgIpc) is 2.75. The molecule has 0 aromatic heterocycles. The van der Waals surface area contributed by atoms with E-state index in [-0.39, 0.29) is 6.04 Å². The molecule has 1 aliphatic rings. The van der Waals surface area contributed by atoms with Crippen LogP contribution in [-0.2, 0) is 0 Å². The molecule has 1 unspecified atom stereocenters. The minimum atomic E-state index is 0.184. The molecule has 1 aliphatic carbocycles. The van der Waals surface area contributed by atoms with E-state index in [2.05, 4.69) is 42.5 Å². The Hall–Kier alpha value is -1.34. The predicted octanol–water partition coefficient (Wildman–Crippen LogP) is 5.20. The highest BCUT2D eigenvalue weighted by Crippen LogP contribution is 2.32. The Morgan fingerprint density at radius 3 is 2.40 bits per heavy atom. The van der Waals surface area contributed by atoms with E-state index in [9.17, 15) is 0 Å². The quantitative estimate of drug-likeness (QED) is 0.760. The van der Waals surface area contributed by atoms with Gasteiger partial charge < -0.3 is 5.73 Å². The van der Waals surface area contributed by atoms with Crippen molar-refractivity contribution in [2.75, 3.05) is 0 Å². The monoisotopic (exact) mass is 267 g/mol. The molecule has 1 fully saturated rings. The molecule has 1 heteroatoms. The number of nitrogens with two attached hydrogens (primary N) is 1. The van der Waals surface area contributed by atoms with Crippen LogP contribution >= 0.6 is 0 Å². The van der Waals surface area contributed by atoms with Gasteiger partial charge in [0.1, 0.15) is 0 Å². The van der Waals surface area contributed by atoms with Crippen LogP contribution in [0.25, 0.3) is 10.8 Å². The summed E-state index contributed by atoms with van der Waals surface area (Å²) in [5, 5.41) is 2.64. The molecule has 106 valence electrons. The van der Waals surface area contributed by atoms with E-state index < -0.39 is 0 Å². The number of hydrogen-bond donors (Lipinski definition) is 1. The summed E-state index contributed by atoms with van der Waals surface area (Å²) in [6.45, 7) is 0. The first kappa shape index (κ1) is 13.6. The molecule has 2 aromatic rings. The molecule has 0 amide bonds. The third kappa shape index (κ3) is 3.04. The Kier molecular flexibility index (Phi) is 4.37. The Bertz CT molecular complexity index is 547. The second kappa shape index (κ2) is 6.41. The van der Waals surface area contributed by atoms with E-state index >= 15 is 0 Å². The van der Waals surface area contributed by atoms with E-state index in [1.165, 1.54) is 54.9 Å². The van der Waals surface area contributed by atoms with Gasteiger partial charge in [0.2, 0.25) is 0 Å². The lowest BCUT2D eigenvalue weighted by molar-refractivity contribution is 0.394. The van der Waals surface area contributed by atoms with Crippen LogP contribution < -0.4 is 5.73 Å². The summed E-state index contributed by atoms with van der Waals surface area (Å²) in [7, 11) is 0. The van der Waals surface area contributed by atoms with Gasteiger partial charge in [-0.25, -0.2) is 0 Å². The van der Waals surface area contributed by atoms with E-state index in [4.69, 9.17) is 5.73 Å². The summed E-state index contributed by atoms with van der Waals surface area (Å²) in [5.41, 5.74) is 7.87. The van der Waals surface area contributed by atoms with Crippen LogP contribution in [-0.4, -0.2) is 0 Å². The molecule has 0 aliphatic heterocycles. The van der Waals surface area contributed by atoms with Gasteiger partial charge in [0.05, 0.1) is 0 Å². The highest BCUT2D eigenvalue weighted by molar-refractivity contribution is 5.86. The van der Waals surface area contributed by atoms with Crippen molar-refractivity contribution >= 4 is 10.8 Å². The van der Waals surface area contributed by atoms with E-state index in [1.54, 1.807) is 0 Å². The summed E-state index contributed by atoms with van der Waals surface area (Å²) in [6.07, 6.45) is 9.52. The lowest BCUT2D eigenvalue weighted by Gasteiger charge is -2.21. The van der Waals surface area contributed by atoms with Crippen molar-refractivity contribution in [3.05, 3.63) is 48.0 Å². The zero-order valence-corrected chi connectivity index (χ0v) is 12.2. The molecule has 2 N–H and O–H groups in total. The normalized spacial score (nSPS) is 18.9. The highest BCUT2D eigenvalue weighted by atomic mass is 14.6. The minimum absolute atomic E-state index is 0.184. The molecule has 0 saturated heterocycles. The Balaban J connectivity index is 1.79. The maximum absolute atomic E-state index is 6.54. The van der Waals surface area contributed by atoms with Gasteiger partial charge in [-0.2, -0.15) is 0 Å². The Morgan fingerprint density at radius 1 is 0.900 bits per heavy atom. The molecule has 1 saturated carbocycles. The molecule has 0 radical (unpaired) electrons. The lowest BCUT2D eigenvalue weighted by Crippen LogP contribution is -2.15. The van der Waals surface area contributed by atoms with E-state index in [1.807, 2.05) is 0 Å². The maximum Gasteiger partial charge on any atom is 0.0303 e. The number of fused-ring (bicyclic) bond motifs is 1. The van der Waals surface area contributed by atoms with E-state index in [0.29, 0.717) is 0 Å². The van der Waals surface area contributed by atoms with Crippen molar-refractivity contribution in [3.8, 4) is 0 Å². The first-order valence-electron chi connectivity index (χ1n) is 8.08. The molecule has 20 heavy (non-hydrogen) atoms. The van der Waals surface area contributed by atoms with Gasteiger partial charge in [-0.3, -0.25) is 0 Å². The zero-order valence-electron chi connectivity index (χ0n) is 12.2. The topological polar surface area (TPSA) is 26.0 Å². The van der Waals surface area contributed by atoms with E-state index in [0.717, 1.165) is 12.3 Å². The third-order valence-electron chi connectivity index (χ3n) is 4.78. The summed E-state index contributed by atoms with van der Waals surface area (Å²) < 4.78 is 0. The smallest absolute Gasteiger partial charge is 0.0303 e. The fourth-order valence-electron chi connectivity index (χ4n) is 3.66. The number of hydrogen-bond acceptors (Lipinski definition) is 1. The van der Waals surface area contributed by atoms with Crippen molar-refractivity contribution < 1.29 is 0 Å². The van der Waals surface area contributed by atoms with Crippen LogP contribution in [0.5, 0.6) is 0 Å². The van der Waals surface area contributed by atoms with Crippen LogP contribution in [0, 0.1) is 5.92 Å². The standard InChI is InChI=1S/C19H25N/c20-19(14-15-8-3-1-2-4-9-15)18-13-7-11-16-10-5-6-12-17(16)18/h5-7,10-13,15,19H,1-4,8-9,14,20H2. The van der Waals surface area contributed by atoms with Crippen molar-refractivity contribution in [2.24, 2.45) is 11.7 Å². The zero-order chi connectivity index (χ0) is 13.8. The Labute approximate surface area is 122 Å². The first-order chi connectivity index (χ1) is 9.84. The second-order valence-corrected chi connectivity index (χ2v) is 6.27. The third-order valence-corrected chi connectivity index (χ3v) is 4.78. The largest absolute Gasteiger partial charge is 0.324 e. The predicted molar refractivity (Wildman–Crippen MR) is 86.7 cm³/mol. The van der Waals surface area contributed by atoms with Gasteiger partial charge in [-0.05, 0) is 28.7 Å². The molecule has 1 nitrogen and oxygen atoms in total. The second-order valence-electron chi connectivity index (χ2n) is 6.27. The molecule has 0 bridgehead atoms. The van der Waals surface area contributed by atoms with Crippen LogP contribution in [0.3, 0.4) is 0 Å². The fourth-order valence-corrected chi connectivity index (χ4v) is 3.66. The molecule has 0 heterocycles. The lowest BCUT2D eigenvalue weighted by atomic mass is 9.88. The van der Waals surface area contributed by atoms with Gasteiger partial charge in [-0.15, -0.1) is 0 Å². The van der Waals surface area contributed by atoms with Gasteiger partial charge in [0.25, 0.3) is 0 Å². The summed E-state index contributed by atoms with van der Waals surface area (Å²) in [5.74, 6) is 0.825. The maximum atomic E-state index is 6.54. The molecule has 1 atom stereocenters. The van der Waals surface area contributed by atoms with Crippen LogP contribution in [0.4, 0.5) is 0 Å². The van der Waals surface area contributed by atoms with Gasteiger partial charge >= 0.3 is 0 Å². The molecule has 3 rings (SSSR count). The SMILES string of the molecule is NC(CC1CCCCCC1)c1cccc2ccccc12. The number of rotatable bonds is 3. The van der Waals surface area contributed by atoms with Crippen LogP contribution in [0.1, 0.15) is 56.6 Å². The summed E-state index contributed by atoms with van der Waals surface area (Å²) in [6, 6.07) is 15.3. The van der Waals surface area contributed by atoms with Crippen molar-refractivity contribution in [2.45, 2.75) is 51.0 Å². The van der Waals surface area contributed by atoms with Crippen molar-refractivity contribution in [1.29, 1.82) is 0 Å². The van der Waals surface area contributed by atoms with Crippen LogP contribution in [0.15, 0.2) is 42.5 Å². The Morgan fingerprint density at radius 2 is 1.60 bits per heavy atom. The van der Waals surface area contributed by atoms with Gasteiger partial charge in [0.15, 0.2) is 0 Å². The van der Waals surface area contributed by atoms with Crippen molar-refractivity contribution in [3.63, 3.8) is 0 Å². The van der Waals surface area contributed by atoms with Gasteiger partial charge in [0, 0.05) is 6.04 Å². The fraction of sp³-hybridized carbons (Fsp3) is 0.474. The number of benzene rings is 2. The average molecular weight is 267 g/mol. The van der Waals surface area contributed by atoms with Gasteiger partial charge in [-0.1, -0.05) is 81.0 Å². The highest BCUT2D eigenvalue weighted by Gasteiger charge is 2.18. The molecule has 2 aromatic carbocycles. The summed E-state index contributed by atoms with van der Waals surface area (Å²) in [4.78, 5) is 0. The minimum Gasteiger partial charge on any atom is -0.324 e. The van der Waals surface area contributed by atoms with Crippen LogP contribution in [0.2, 0.25) is 0 Å². The molecule has 0 spiro atoms. The molecular formula is C19H25N. The molecular weight excluding hydrogens is 242 g/mol. The first-order valence-corrected chi connectivity index (χ1v) is 8.08. The summed E-state index contributed by atoms with van der Waals surface area (Å²) >= 11 is 0. The van der Waals surface area contributed by atoms with Crippen molar-refractivity contribution in [1.82, 2.24) is 0 Å².